The van der Waals surface area contributed by atoms with Crippen LogP contribution in [0.4, 0.5) is 50.9 Å². The lowest BCUT2D eigenvalue weighted by molar-refractivity contribution is -0.389. The van der Waals surface area contributed by atoms with E-state index >= 15 is 4.39 Å². The van der Waals surface area contributed by atoms with Gasteiger partial charge in [0, 0.05) is 16.7 Å². The minimum atomic E-state index is -7.04. The number of nitriles is 2. The van der Waals surface area contributed by atoms with Gasteiger partial charge in [-0.2, -0.15) is 45.6 Å². The van der Waals surface area contributed by atoms with Gasteiger partial charge < -0.3 is 10.6 Å². The van der Waals surface area contributed by atoms with Gasteiger partial charge in [-0.25, -0.2) is 4.39 Å². The quantitative estimate of drug-likeness (QED) is 0.257. The molecule has 0 saturated carbocycles. The molecule has 1 atom stereocenters. The summed E-state index contributed by atoms with van der Waals surface area (Å²) in [4.78, 5) is 25.8. The third-order valence-electron chi connectivity index (χ3n) is 6.13. The van der Waals surface area contributed by atoms with E-state index in [-0.39, 0.29) is 28.4 Å². The van der Waals surface area contributed by atoms with Gasteiger partial charge in [-0.3, -0.25) is 9.59 Å². The second-order valence-corrected chi connectivity index (χ2v) is 9.72. The molecule has 17 heteroatoms. The highest BCUT2D eigenvalue weighted by Gasteiger charge is 2.82. The average molecular weight is 667 g/mol. The van der Waals surface area contributed by atoms with Crippen LogP contribution in [0.25, 0.3) is 0 Å². The Morgan fingerprint density at radius 1 is 0.773 bits per heavy atom. The first-order valence-corrected chi connectivity index (χ1v) is 12.3. The molecule has 0 heterocycles. The molecule has 3 aromatic carbocycles. The minimum Gasteiger partial charge on any atom is -0.321 e. The molecule has 0 saturated heterocycles. The zero-order chi connectivity index (χ0) is 33.4. The van der Waals surface area contributed by atoms with Crippen LogP contribution in [-0.2, 0) is 5.67 Å². The van der Waals surface area contributed by atoms with Crippen molar-refractivity contribution in [2.75, 3.05) is 10.6 Å². The second-order valence-electron chi connectivity index (χ2n) is 8.93. The molecule has 0 spiro atoms. The number of nitrogens with one attached hydrogen (secondary N) is 2. The van der Waals surface area contributed by atoms with Crippen molar-refractivity contribution in [2.45, 2.75) is 30.9 Å². The van der Waals surface area contributed by atoms with E-state index in [0.717, 1.165) is 18.2 Å². The van der Waals surface area contributed by atoms with Crippen molar-refractivity contribution >= 4 is 46.4 Å². The molecule has 0 aromatic heterocycles. The van der Waals surface area contributed by atoms with Crippen molar-refractivity contribution in [1.82, 2.24) is 0 Å². The first-order valence-electron chi connectivity index (χ1n) is 11.6. The fourth-order valence-electron chi connectivity index (χ4n) is 3.88. The molecular weight excluding hydrogens is 654 g/mol. The van der Waals surface area contributed by atoms with E-state index in [1.54, 1.807) is 6.07 Å². The normalized spacial score (nSPS) is 13.3. The third kappa shape index (κ3) is 5.98. The van der Waals surface area contributed by atoms with Gasteiger partial charge in [-0.15, -0.1) is 0 Å². The van der Waals surface area contributed by atoms with Crippen molar-refractivity contribution in [3.63, 3.8) is 0 Å². The fraction of sp³-hybridized carbons (Fsp3) is 0.185. The van der Waals surface area contributed by atoms with Crippen LogP contribution in [0.3, 0.4) is 0 Å². The molecule has 2 N–H and O–H groups in total. The number of benzene rings is 3. The van der Waals surface area contributed by atoms with Crippen molar-refractivity contribution < 1.29 is 49.1 Å². The van der Waals surface area contributed by atoms with Crippen LogP contribution in [-0.4, -0.2) is 30.1 Å². The predicted octanol–water partition coefficient (Wildman–Crippen LogP) is 8.47. The monoisotopic (exact) mass is 666 g/mol. The summed E-state index contributed by atoms with van der Waals surface area (Å²) in [5.41, 5.74) is -10.1. The van der Waals surface area contributed by atoms with E-state index in [9.17, 15) is 50.0 Å². The number of amides is 2. The van der Waals surface area contributed by atoms with Crippen LogP contribution in [0.5, 0.6) is 0 Å². The molecular formula is C27H13Cl2F9N4O2. The van der Waals surface area contributed by atoms with Crippen LogP contribution in [0.15, 0.2) is 48.5 Å². The zero-order valence-corrected chi connectivity index (χ0v) is 23.0. The number of halogens is 11. The van der Waals surface area contributed by atoms with Gasteiger partial charge in [0.15, 0.2) is 0 Å². The molecule has 1 unspecified atom stereocenters. The Bertz CT molecular complexity index is 1750. The summed E-state index contributed by atoms with van der Waals surface area (Å²) in [5, 5.41) is 20.1. The summed E-state index contributed by atoms with van der Waals surface area (Å²) in [6, 6.07) is 10.8. The molecule has 0 aliphatic rings. The molecule has 6 nitrogen and oxygen atoms in total. The number of rotatable bonds is 6. The average Bonchev–Trinajstić information content (AvgIpc) is 2.93. The van der Waals surface area contributed by atoms with Crippen molar-refractivity contribution in [3.8, 4) is 12.1 Å². The number of aryl methyl sites for hydroxylation is 1. The number of carbonyl (C=O) groups excluding carboxylic acids is 2. The highest BCUT2D eigenvalue weighted by Crippen LogP contribution is 2.60. The summed E-state index contributed by atoms with van der Waals surface area (Å²) in [7, 11) is 0. The molecule has 0 radical (unpaired) electrons. The Balaban J connectivity index is 2.05. The summed E-state index contributed by atoms with van der Waals surface area (Å²) >= 11 is 11.5. The van der Waals surface area contributed by atoms with E-state index in [1.807, 2.05) is 11.4 Å². The Morgan fingerprint density at radius 3 is 1.93 bits per heavy atom. The first kappa shape index (κ1) is 34.0. The van der Waals surface area contributed by atoms with E-state index in [2.05, 4.69) is 5.32 Å². The summed E-state index contributed by atoms with van der Waals surface area (Å²) < 4.78 is 123. The van der Waals surface area contributed by atoms with Crippen LogP contribution >= 0.6 is 23.2 Å². The highest BCUT2D eigenvalue weighted by molar-refractivity contribution is 6.40. The second kappa shape index (κ2) is 11.9. The first-order chi connectivity index (χ1) is 20.2. The predicted molar refractivity (Wildman–Crippen MR) is 139 cm³/mol. The van der Waals surface area contributed by atoms with Crippen molar-refractivity contribution in [3.05, 3.63) is 92.0 Å². The van der Waals surface area contributed by atoms with Crippen molar-refractivity contribution in [2.24, 2.45) is 0 Å². The summed E-state index contributed by atoms with van der Waals surface area (Å²) in [6.07, 6.45) is -13.9. The van der Waals surface area contributed by atoms with Crippen LogP contribution < -0.4 is 10.6 Å². The minimum absolute atomic E-state index is 0.0770. The molecule has 3 aromatic rings. The summed E-state index contributed by atoms with van der Waals surface area (Å²) in [6.45, 7) is 1.52. The summed E-state index contributed by atoms with van der Waals surface area (Å²) in [5.74, 6) is -9.14. The lowest BCUT2D eigenvalue weighted by atomic mass is 9.87. The molecule has 0 aliphatic carbocycles. The molecule has 230 valence electrons. The maximum Gasteiger partial charge on any atom is 0.457 e. The number of alkyl halides is 9. The largest absolute Gasteiger partial charge is 0.457 e. The number of nitrogens with zero attached hydrogens (tertiary/aromatic N) is 2. The van der Waals surface area contributed by atoms with E-state index in [0.29, 0.717) is 11.6 Å². The van der Waals surface area contributed by atoms with Gasteiger partial charge >= 0.3 is 23.9 Å². The molecule has 0 fully saturated rings. The highest BCUT2D eigenvalue weighted by atomic mass is 35.5. The van der Waals surface area contributed by atoms with Gasteiger partial charge in [0.1, 0.15) is 6.07 Å². The van der Waals surface area contributed by atoms with Crippen LogP contribution in [0.2, 0.25) is 10.0 Å². The Kier molecular flexibility index (Phi) is 9.20. The molecule has 3 rings (SSSR count). The van der Waals surface area contributed by atoms with Crippen molar-refractivity contribution in [1.29, 1.82) is 10.5 Å². The lowest BCUT2D eigenvalue weighted by Gasteiger charge is -2.36. The Morgan fingerprint density at radius 2 is 1.41 bits per heavy atom. The number of anilines is 2. The molecule has 0 aliphatic heterocycles. The Hall–Kier alpha value is -4.47. The van der Waals surface area contributed by atoms with E-state index < -0.39 is 62.6 Å². The topological polar surface area (TPSA) is 106 Å². The van der Waals surface area contributed by atoms with Crippen LogP contribution in [0, 0.1) is 29.6 Å². The smallest absolute Gasteiger partial charge is 0.321 e. The Labute approximate surface area is 251 Å². The van der Waals surface area contributed by atoms with Gasteiger partial charge in [0.25, 0.3) is 11.8 Å². The zero-order valence-electron chi connectivity index (χ0n) is 21.5. The number of hydrogen-bond donors (Lipinski definition) is 2. The SMILES string of the molecule is Cc1cc(C#N)ccc1C(=O)Nc1cc(C(=O)Nc2c(Cl)ccc(C(F)(C(F)(F)F)C(F)(F)C(F)(F)F)c2Cl)ccc1C#N. The maximum atomic E-state index is 15.1. The van der Waals surface area contributed by atoms with Crippen LogP contribution in [0.1, 0.15) is 43.0 Å². The molecule has 44 heavy (non-hydrogen) atoms. The molecule has 2 amide bonds. The number of carbonyl (C=O) groups is 2. The standard InChI is InChI=1S/C27H13Cl2F9N4O2/c1-12-8-13(10-39)2-5-16(12)23(44)41-19-9-14(3-4-15(19)11-40)22(43)42-21-18(28)7-6-17(20(21)29)24(30,26(33,34)35)25(31,32)27(36,37)38/h2-9H,1H3,(H,41,44)(H,42,43). The van der Waals surface area contributed by atoms with Gasteiger partial charge in [0.05, 0.1) is 38.6 Å². The van der Waals surface area contributed by atoms with E-state index in [1.165, 1.54) is 25.1 Å². The van der Waals surface area contributed by atoms with Gasteiger partial charge in [-0.05, 0) is 55.0 Å². The lowest BCUT2D eigenvalue weighted by Crippen LogP contribution is -2.59. The van der Waals surface area contributed by atoms with Gasteiger partial charge in [0.2, 0.25) is 0 Å². The van der Waals surface area contributed by atoms with Gasteiger partial charge in [-0.1, -0.05) is 29.3 Å². The molecule has 0 bridgehead atoms. The van der Waals surface area contributed by atoms with E-state index in [4.69, 9.17) is 28.5 Å². The fourth-order valence-corrected chi connectivity index (χ4v) is 4.47. The number of hydrogen-bond acceptors (Lipinski definition) is 4. The maximum absolute atomic E-state index is 15.1. The third-order valence-corrected chi connectivity index (χ3v) is 6.84.